The van der Waals surface area contributed by atoms with Gasteiger partial charge in [0, 0.05) is 22.8 Å². The number of thiophene rings is 1. The van der Waals surface area contributed by atoms with E-state index in [0.717, 1.165) is 36.0 Å². The molecule has 4 heteroatoms. The summed E-state index contributed by atoms with van der Waals surface area (Å²) in [4.78, 5) is 17.0. The molecular weight excluding hydrogens is 322 g/mol. The van der Waals surface area contributed by atoms with E-state index in [1.807, 2.05) is 4.90 Å². The third-order valence-corrected chi connectivity index (χ3v) is 5.41. The molecule has 1 aliphatic rings. The first-order chi connectivity index (χ1) is 9.13. The Morgan fingerprint density at radius 3 is 2.79 bits per heavy atom. The van der Waals surface area contributed by atoms with Gasteiger partial charge in [-0.25, -0.2) is 0 Å². The Hall–Kier alpha value is -0.350. The highest BCUT2D eigenvalue weighted by Gasteiger charge is 2.22. The van der Waals surface area contributed by atoms with Crippen molar-refractivity contribution in [3.05, 3.63) is 21.4 Å². The van der Waals surface area contributed by atoms with Crippen LogP contribution in [0.25, 0.3) is 0 Å². The molecule has 2 nitrogen and oxygen atoms in total. The molecule has 1 aliphatic carbocycles. The second kappa shape index (κ2) is 6.89. The van der Waals surface area contributed by atoms with E-state index in [-0.39, 0.29) is 11.9 Å². The summed E-state index contributed by atoms with van der Waals surface area (Å²) in [7, 11) is 0. The molecule has 0 aromatic carbocycles. The topological polar surface area (TPSA) is 20.3 Å². The van der Waals surface area contributed by atoms with Crippen molar-refractivity contribution in [1.29, 1.82) is 0 Å². The molecule has 0 radical (unpaired) electrons. The second-order valence-corrected chi connectivity index (χ2v) is 7.33. The predicted molar refractivity (Wildman–Crippen MR) is 85.5 cm³/mol. The largest absolute Gasteiger partial charge is 0.335 e. The van der Waals surface area contributed by atoms with Gasteiger partial charge < -0.3 is 4.90 Å². The van der Waals surface area contributed by atoms with E-state index >= 15 is 0 Å². The minimum absolute atomic E-state index is 0.218. The lowest BCUT2D eigenvalue weighted by molar-refractivity contribution is 0.0711. The molecule has 1 amide bonds. The van der Waals surface area contributed by atoms with Crippen LogP contribution in [0.5, 0.6) is 0 Å². The van der Waals surface area contributed by atoms with Crippen molar-refractivity contribution in [2.75, 3.05) is 11.9 Å². The van der Waals surface area contributed by atoms with Crippen LogP contribution in [-0.2, 0) is 12.8 Å². The molecule has 1 aromatic heterocycles. The van der Waals surface area contributed by atoms with Gasteiger partial charge in [0.05, 0.1) is 4.88 Å². The highest BCUT2D eigenvalue weighted by atomic mass is 79.9. The molecule has 0 unspecified atom stereocenters. The van der Waals surface area contributed by atoms with Crippen molar-refractivity contribution in [2.45, 2.75) is 52.0 Å². The number of carbonyl (C=O) groups is 1. The molecule has 0 bridgehead atoms. The Kier molecular flexibility index (Phi) is 5.46. The number of amides is 1. The van der Waals surface area contributed by atoms with Gasteiger partial charge >= 0.3 is 0 Å². The van der Waals surface area contributed by atoms with Crippen LogP contribution in [0.1, 0.15) is 53.2 Å². The van der Waals surface area contributed by atoms with Gasteiger partial charge in [0.1, 0.15) is 0 Å². The first-order valence-electron chi connectivity index (χ1n) is 7.12. The number of aryl methyl sites for hydroxylation is 2. The lowest BCUT2D eigenvalue weighted by atomic mass is 9.99. The molecular formula is C15H22BrNOS. The van der Waals surface area contributed by atoms with E-state index in [4.69, 9.17) is 0 Å². The summed E-state index contributed by atoms with van der Waals surface area (Å²) in [5.74, 6) is 0.218. The fourth-order valence-corrected chi connectivity index (χ4v) is 4.02. The molecule has 106 valence electrons. The Labute approximate surface area is 128 Å². The molecule has 1 heterocycles. The standard InChI is InChI=1S/C15H22BrNOS/c1-11(2)17(9-5-8-16)15(18)14-10-12-6-3-4-7-13(12)19-14/h10-11H,3-9H2,1-2H3. The first kappa shape index (κ1) is 15.0. The van der Waals surface area contributed by atoms with Gasteiger partial charge in [-0.05, 0) is 57.6 Å². The lowest BCUT2D eigenvalue weighted by Gasteiger charge is -2.26. The Morgan fingerprint density at radius 2 is 2.16 bits per heavy atom. The number of nitrogens with zero attached hydrogens (tertiary/aromatic N) is 1. The normalized spacial score (nSPS) is 14.5. The van der Waals surface area contributed by atoms with E-state index in [1.165, 1.54) is 23.3 Å². The van der Waals surface area contributed by atoms with E-state index < -0.39 is 0 Å². The maximum atomic E-state index is 12.6. The van der Waals surface area contributed by atoms with Crippen LogP contribution in [0.2, 0.25) is 0 Å². The number of rotatable bonds is 5. The summed E-state index contributed by atoms with van der Waals surface area (Å²) in [5, 5.41) is 0.949. The maximum Gasteiger partial charge on any atom is 0.264 e. The molecule has 1 aromatic rings. The minimum Gasteiger partial charge on any atom is -0.335 e. The van der Waals surface area contributed by atoms with Gasteiger partial charge in [-0.1, -0.05) is 15.9 Å². The van der Waals surface area contributed by atoms with Gasteiger partial charge in [-0.15, -0.1) is 11.3 Å². The molecule has 0 spiro atoms. The van der Waals surface area contributed by atoms with E-state index in [1.54, 1.807) is 11.3 Å². The Morgan fingerprint density at radius 1 is 1.42 bits per heavy atom. The predicted octanol–water partition coefficient (Wildman–Crippen LogP) is 4.26. The summed E-state index contributed by atoms with van der Waals surface area (Å²) in [5.41, 5.74) is 1.42. The fourth-order valence-electron chi connectivity index (χ4n) is 2.56. The highest BCUT2D eigenvalue weighted by Crippen LogP contribution is 2.30. The van der Waals surface area contributed by atoms with Gasteiger partial charge in [-0.2, -0.15) is 0 Å². The molecule has 0 aliphatic heterocycles. The van der Waals surface area contributed by atoms with Crippen LogP contribution in [0, 0.1) is 0 Å². The number of halogens is 1. The quantitative estimate of drug-likeness (QED) is 0.731. The fraction of sp³-hybridized carbons (Fsp3) is 0.667. The van der Waals surface area contributed by atoms with Gasteiger partial charge in [-0.3, -0.25) is 4.79 Å². The minimum atomic E-state index is 0.218. The molecule has 0 atom stereocenters. The zero-order valence-electron chi connectivity index (χ0n) is 11.7. The van der Waals surface area contributed by atoms with Crippen LogP contribution in [-0.4, -0.2) is 28.7 Å². The van der Waals surface area contributed by atoms with Crippen LogP contribution in [0.3, 0.4) is 0 Å². The third-order valence-electron chi connectivity index (χ3n) is 3.62. The number of hydrogen-bond acceptors (Lipinski definition) is 2. The van der Waals surface area contributed by atoms with E-state index in [2.05, 4.69) is 35.8 Å². The maximum absolute atomic E-state index is 12.6. The van der Waals surface area contributed by atoms with Crippen molar-refractivity contribution in [3.63, 3.8) is 0 Å². The van der Waals surface area contributed by atoms with Gasteiger partial charge in [0.25, 0.3) is 5.91 Å². The Balaban J connectivity index is 2.14. The third kappa shape index (κ3) is 3.60. The van der Waals surface area contributed by atoms with Crippen LogP contribution < -0.4 is 0 Å². The second-order valence-electron chi connectivity index (χ2n) is 5.40. The van der Waals surface area contributed by atoms with E-state index in [9.17, 15) is 4.79 Å². The molecule has 2 rings (SSSR count). The number of fused-ring (bicyclic) bond motifs is 1. The average molecular weight is 344 g/mol. The Bertz CT molecular complexity index is 418. The number of alkyl halides is 1. The van der Waals surface area contributed by atoms with Crippen molar-refractivity contribution in [3.8, 4) is 0 Å². The molecule has 0 N–H and O–H groups in total. The van der Waals surface area contributed by atoms with Crippen molar-refractivity contribution in [2.24, 2.45) is 0 Å². The summed E-state index contributed by atoms with van der Waals surface area (Å²) >= 11 is 5.16. The van der Waals surface area contributed by atoms with Gasteiger partial charge in [0.2, 0.25) is 0 Å². The monoisotopic (exact) mass is 343 g/mol. The summed E-state index contributed by atoms with van der Waals surface area (Å²) in [6, 6.07) is 2.41. The van der Waals surface area contributed by atoms with E-state index in [0.29, 0.717) is 0 Å². The van der Waals surface area contributed by atoms with Crippen molar-refractivity contribution >= 4 is 33.2 Å². The van der Waals surface area contributed by atoms with Crippen molar-refractivity contribution in [1.82, 2.24) is 4.90 Å². The smallest absolute Gasteiger partial charge is 0.264 e. The zero-order chi connectivity index (χ0) is 13.8. The summed E-state index contributed by atoms with van der Waals surface area (Å²) < 4.78 is 0. The summed E-state index contributed by atoms with van der Waals surface area (Å²) in [6.45, 7) is 5.03. The zero-order valence-corrected chi connectivity index (χ0v) is 14.1. The lowest BCUT2D eigenvalue weighted by Crippen LogP contribution is -2.37. The number of carbonyl (C=O) groups excluding carboxylic acids is 1. The van der Waals surface area contributed by atoms with Crippen LogP contribution in [0.15, 0.2) is 6.07 Å². The van der Waals surface area contributed by atoms with Gasteiger partial charge in [0.15, 0.2) is 0 Å². The van der Waals surface area contributed by atoms with Crippen LogP contribution >= 0.6 is 27.3 Å². The SMILES string of the molecule is CC(C)N(CCCBr)C(=O)c1cc2c(s1)CCCC2. The van der Waals surface area contributed by atoms with Crippen LogP contribution in [0.4, 0.5) is 0 Å². The molecule has 0 saturated heterocycles. The molecule has 0 fully saturated rings. The number of hydrogen-bond donors (Lipinski definition) is 0. The average Bonchev–Trinajstić information content (AvgIpc) is 2.82. The molecule has 19 heavy (non-hydrogen) atoms. The molecule has 0 saturated carbocycles. The first-order valence-corrected chi connectivity index (χ1v) is 9.05. The highest BCUT2D eigenvalue weighted by molar-refractivity contribution is 9.09. The summed E-state index contributed by atoms with van der Waals surface area (Å²) in [6.07, 6.45) is 5.88. The van der Waals surface area contributed by atoms with Crippen molar-refractivity contribution < 1.29 is 4.79 Å².